The standard InChI is InChI=1S/C13H20FN3O6S/c1-7(2)22-11-8(6-24(20,21)15-3)23-12(10(11)14)17-5-4-9(18)16-13(17)19/h4-5,7-8,10-12,15H,6H2,1-3H3,(H,16,18,19)/t8-,10-,11-,12?/m1/s1. The molecule has 1 aromatic rings. The van der Waals surface area contributed by atoms with Crippen molar-refractivity contribution in [3.8, 4) is 0 Å². The van der Waals surface area contributed by atoms with E-state index in [1.807, 2.05) is 4.98 Å². The summed E-state index contributed by atoms with van der Waals surface area (Å²) in [5.74, 6) is -0.518. The second-order valence-corrected chi connectivity index (χ2v) is 7.63. The Morgan fingerprint density at radius 1 is 1.46 bits per heavy atom. The summed E-state index contributed by atoms with van der Waals surface area (Å²) in [6.45, 7) is 3.35. The zero-order chi connectivity index (χ0) is 18.1. The fourth-order valence-corrected chi connectivity index (χ4v) is 3.32. The lowest BCUT2D eigenvalue weighted by Crippen LogP contribution is -2.40. The van der Waals surface area contributed by atoms with Gasteiger partial charge in [0.1, 0.15) is 12.2 Å². The molecular weight excluding hydrogens is 345 g/mol. The molecule has 1 aromatic heterocycles. The summed E-state index contributed by atoms with van der Waals surface area (Å²) in [5.41, 5.74) is -1.48. The van der Waals surface area contributed by atoms with Crippen molar-refractivity contribution < 1.29 is 22.3 Å². The second-order valence-electron chi connectivity index (χ2n) is 5.66. The average molecular weight is 365 g/mol. The summed E-state index contributed by atoms with van der Waals surface area (Å²) in [5, 5.41) is 0. The van der Waals surface area contributed by atoms with Crippen molar-refractivity contribution in [2.24, 2.45) is 0 Å². The van der Waals surface area contributed by atoms with E-state index in [0.29, 0.717) is 0 Å². The predicted octanol–water partition coefficient (Wildman–Crippen LogP) is -0.885. The number of nitrogens with zero attached hydrogens (tertiary/aromatic N) is 1. The van der Waals surface area contributed by atoms with Crippen LogP contribution >= 0.6 is 0 Å². The molecule has 0 saturated carbocycles. The van der Waals surface area contributed by atoms with Crippen molar-refractivity contribution in [3.63, 3.8) is 0 Å². The van der Waals surface area contributed by atoms with E-state index in [9.17, 15) is 22.4 Å². The van der Waals surface area contributed by atoms with Crippen LogP contribution in [-0.4, -0.2) is 55.3 Å². The van der Waals surface area contributed by atoms with Gasteiger partial charge in [-0.3, -0.25) is 14.3 Å². The van der Waals surface area contributed by atoms with Gasteiger partial charge in [0.05, 0.1) is 11.9 Å². The van der Waals surface area contributed by atoms with Gasteiger partial charge >= 0.3 is 5.69 Å². The van der Waals surface area contributed by atoms with Gasteiger partial charge in [0.15, 0.2) is 12.4 Å². The molecule has 2 rings (SSSR count). The number of alkyl halides is 1. The van der Waals surface area contributed by atoms with E-state index in [1.165, 1.54) is 7.05 Å². The summed E-state index contributed by atoms with van der Waals surface area (Å²) in [6, 6.07) is 1.05. The highest BCUT2D eigenvalue weighted by Crippen LogP contribution is 2.34. The topological polar surface area (TPSA) is 119 Å². The SMILES string of the molecule is CNS(=O)(=O)C[C@H]1OC(n2ccc(=O)[nH]c2=O)[C@H](F)[C@@H]1OC(C)C. The lowest BCUT2D eigenvalue weighted by molar-refractivity contribution is -0.0486. The zero-order valence-electron chi connectivity index (χ0n) is 13.4. The maximum absolute atomic E-state index is 14.8. The normalized spacial score (nSPS) is 27.7. The Labute approximate surface area is 137 Å². The first-order chi connectivity index (χ1) is 11.1. The van der Waals surface area contributed by atoms with Crippen molar-refractivity contribution in [2.75, 3.05) is 12.8 Å². The second kappa shape index (κ2) is 7.13. The van der Waals surface area contributed by atoms with Crippen LogP contribution in [0.5, 0.6) is 0 Å². The van der Waals surface area contributed by atoms with Crippen LogP contribution < -0.4 is 16.0 Å². The zero-order valence-corrected chi connectivity index (χ0v) is 14.2. The Morgan fingerprint density at radius 2 is 2.12 bits per heavy atom. The van der Waals surface area contributed by atoms with Gasteiger partial charge in [-0.25, -0.2) is 22.3 Å². The van der Waals surface area contributed by atoms with Gasteiger partial charge in [0, 0.05) is 12.3 Å². The number of hydrogen-bond donors (Lipinski definition) is 2. The fourth-order valence-electron chi connectivity index (χ4n) is 2.46. The maximum Gasteiger partial charge on any atom is 0.330 e. The molecule has 1 unspecified atom stereocenters. The molecular formula is C13H20FN3O6S. The van der Waals surface area contributed by atoms with E-state index in [-0.39, 0.29) is 6.10 Å². The summed E-state index contributed by atoms with van der Waals surface area (Å²) >= 11 is 0. The highest BCUT2D eigenvalue weighted by atomic mass is 32.2. The molecule has 0 radical (unpaired) electrons. The van der Waals surface area contributed by atoms with E-state index in [4.69, 9.17) is 9.47 Å². The smallest absolute Gasteiger partial charge is 0.330 e. The van der Waals surface area contributed by atoms with Gasteiger partial charge in [-0.1, -0.05) is 0 Å². The van der Waals surface area contributed by atoms with Crippen LogP contribution in [0.4, 0.5) is 4.39 Å². The van der Waals surface area contributed by atoms with Gasteiger partial charge in [0.25, 0.3) is 5.56 Å². The first kappa shape index (κ1) is 18.8. The molecule has 11 heteroatoms. The summed E-state index contributed by atoms with van der Waals surface area (Å²) in [6.07, 6.45) is -4.73. The number of nitrogens with one attached hydrogen (secondary N) is 2. The van der Waals surface area contributed by atoms with Crippen molar-refractivity contribution in [3.05, 3.63) is 33.1 Å². The molecule has 1 fully saturated rings. The lowest BCUT2D eigenvalue weighted by Gasteiger charge is -2.21. The van der Waals surface area contributed by atoms with Crippen LogP contribution in [0.3, 0.4) is 0 Å². The van der Waals surface area contributed by atoms with Crippen LogP contribution in [-0.2, 0) is 19.5 Å². The minimum absolute atomic E-state index is 0.373. The van der Waals surface area contributed by atoms with Gasteiger partial charge in [-0.15, -0.1) is 0 Å². The summed E-state index contributed by atoms with van der Waals surface area (Å²) in [7, 11) is -2.45. The van der Waals surface area contributed by atoms with E-state index in [2.05, 4.69) is 4.72 Å². The molecule has 4 atom stereocenters. The fraction of sp³-hybridized carbons (Fsp3) is 0.692. The van der Waals surface area contributed by atoms with Crippen molar-refractivity contribution in [2.45, 2.75) is 44.6 Å². The third-order valence-corrected chi connectivity index (χ3v) is 4.91. The van der Waals surface area contributed by atoms with Gasteiger partial charge < -0.3 is 9.47 Å². The largest absolute Gasteiger partial charge is 0.370 e. The number of aromatic nitrogens is 2. The first-order valence-corrected chi connectivity index (χ1v) is 8.97. The Bertz CT molecular complexity index is 789. The number of halogens is 1. The monoisotopic (exact) mass is 365 g/mol. The molecule has 0 aromatic carbocycles. The number of H-pyrrole nitrogens is 1. The molecule has 24 heavy (non-hydrogen) atoms. The van der Waals surface area contributed by atoms with Gasteiger partial charge in [-0.05, 0) is 20.9 Å². The minimum atomic E-state index is -3.68. The van der Waals surface area contributed by atoms with Gasteiger partial charge in [0.2, 0.25) is 10.0 Å². The predicted molar refractivity (Wildman–Crippen MR) is 83.0 cm³/mol. The average Bonchev–Trinajstić information content (AvgIpc) is 2.75. The molecule has 0 spiro atoms. The maximum atomic E-state index is 14.8. The molecule has 1 saturated heterocycles. The Kier molecular flexibility index (Phi) is 5.58. The van der Waals surface area contributed by atoms with E-state index < -0.39 is 51.6 Å². The molecule has 1 aliphatic rings. The number of ether oxygens (including phenoxy) is 2. The molecule has 136 valence electrons. The van der Waals surface area contributed by atoms with Crippen LogP contribution in [0.1, 0.15) is 20.1 Å². The molecule has 1 aliphatic heterocycles. The Morgan fingerprint density at radius 3 is 2.67 bits per heavy atom. The molecule has 0 amide bonds. The number of rotatable bonds is 6. The van der Waals surface area contributed by atoms with Crippen molar-refractivity contribution in [1.82, 2.24) is 14.3 Å². The van der Waals surface area contributed by atoms with Crippen molar-refractivity contribution in [1.29, 1.82) is 0 Å². The summed E-state index contributed by atoms with van der Waals surface area (Å²) < 4.78 is 52.2. The van der Waals surface area contributed by atoms with E-state index >= 15 is 0 Å². The number of hydrogen-bond acceptors (Lipinski definition) is 6. The molecule has 0 bridgehead atoms. The van der Waals surface area contributed by atoms with Crippen LogP contribution in [0, 0.1) is 0 Å². The lowest BCUT2D eigenvalue weighted by atomic mass is 10.1. The molecule has 2 N–H and O–H groups in total. The molecule has 0 aliphatic carbocycles. The minimum Gasteiger partial charge on any atom is -0.370 e. The van der Waals surface area contributed by atoms with Gasteiger partial charge in [-0.2, -0.15) is 0 Å². The molecule has 2 heterocycles. The highest BCUT2D eigenvalue weighted by molar-refractivity contribution is 7.89. The summed E-state index contributed by atoms with van der Waals surface area (Å²) in [4.78, 5) is 25.0. The van der Waals surface area contributed by atoms with E-state index in [0.717, 1.165) is 16.8 Å². The van der Waals surface area contributed by atoms with Crippen LogP contribution in [0.15, 0.2) is 21.9 Å². The third kappa shape index (κ3) is 4.09. The number of sulfonamides is 1. The highest BCUT2D eigenvalue weighted by Gasteiger charge is 2.49. The third-order valence-electron chi connectivity index (χ3n) is 3.52. The van der Waals surface area contributed by atoms with Crippen molar-refractivity contribution >= 4 is 10.0 Å². The quantitative estimate of drug-likeness (QED) is 0.675. The Balaban J connectivity index is 2.35. The van der Waals surface area contributed by atoms with Crippen LogP contribution in [0.2, 0.25) is 0 Å². The molecule has 9 nitrogen and oxygen atoms in total. The van der Waals surface area contributed by atoms with E-state index in [1.54, 1.807) is 13.8 Å². The number of aromatic amines is 1. The van der Waals surface area contributed by atoms with Crippen LogP contribution in [0.25, 0.3) is 0 Å². The first-order valence-electron chi connectivity index (χ1n) is 7.32. The Hall–Kier alpha value is -1.56.